The summed E-state index contributed by atoms with van der Waals surface area (Å²) in [6.45, 7) is 6.87. The van der Waals surface area contributed by atoms with Crippen LogP contribution in [0.3, 0.4) is 0 Å². The molecule has 0 aromatic carbocycles. The van der Waals surface area contributed by atoms with E-state index in [4.69, 9.17) is 4.74 Å². The predicted octanol–water partition coefficient (Wildman–Crippen LogP) is 3.53. The number of hydrogen-bond donors (Lipinski definition) is 0. The molecule has 0 spiro atoms. The Hall–Kier alpha value is -2.85. The fourth-order valence-corrected chi connectivity index (χ4v) is 3.14. The fraction of sp³-hybridized carbons (Fsp3) is 0.450. The first-order chi connectivity index (χ1) is 12.9. The van der Waals surface area contributed by atoms with Crippen molar-refractivity contribution < 1.29 is 4.74 Å². The van der Waals surface area contributed by atoms with Gasteiger partial charge in [-0.3, -0.25) is 4.68 Å². The van der Waals surface area contributed by atoms with Gasteiger partial charge >= 0.3 is 0 Å². The van der Waals surface area contributed by atoms with Crippen LogP contribution in [0.4, 0.5) is 5.82 Å². The molecule has 2 aromatic rings. The normalized spacial score (nSPS) is 13.4. The van der Waals surface area contributed by atoms with E-state index in [-0.39, 0.29) is 6.54 Å². The highest BCUT2D eigenvalue weighted by Gasteiger charge is 2.23. The fourth-order valence-electron chi connectivity index (χ4n) is 3.14. The predicted molar refractivity (Wildman–Crippen MR) is 105 cm³/mol. The van der Waals surface area contributed by atoms with Crippen LogP contribution >= 0.6 is 0 Å². The number of anilines is 1. The second kappa shape index (κ2) is 7.80. The van der Waals surface area contributed by atoms with Crippen LogP contribution in [-0.2, 0) is 13.5 Å². The molecule has 2 aromatic heterocycles. The van der Waals surface area contributed by atoms with Crippen molar-refractivity contribution in [3.05, 3.63) is 39.9 Å². The Kier molecular flexibility index (Phi) is 5.47. The maximum absolute atomic E-state index is 12.6. The van der Waals surface area contributed by atoms with Crippen LogP contribution in [-0.4, -0.2) is 27.9 Å². The Labute approximate surface area is 159 Å². The summed E-state index contributed by atoms with van der Waals surface area (Å²) in [7, 11) is 1.86. The summed E-state index contributed by atoms with van der Waals surface area (Å²) in [6.07, 6.45) is 5.28. The second-order valence-electron chi connectivity index (χ2n) is 7.16. The van der Waals surface area contributed by atoms with Crippen molar-refractivity contribution >= 4 is 17.5 Å². The zero-order chi connectivity index (χ0) is 19.6. The van der Waals surface area contributed by atoms with Crippen molar-refractivity contribution in [2.24, 2.45) is 13.0 Å². The number of aryl methyl sites for hydroxylation is 1. The van der Waals surface area contributed by atoms with Gasteiger partial charge in [-0.05, 0) is 30.1 Å². The van der Waals surface area contributed by atoms with E-state index in [1.165, 1.54) is 6.20 Å². The lowest BCUT2D eigenvalue weighted by Crippen LogP contribution is -2.22. The quantitative estimate of drug-likeness (QED) is 0.777. The van der Waals surface area contributed by atoms with Gasteiger partial charge in [0.1, 0.15) is 11.9 Å². The number of aromatic nitrogens is 3. The Morgan fingerprint density at radius 2 is 2.19 bits per heavy atom. The minimum atomic E-state index is 0.143. The molecule has 0 saturated heterocycles. The molecule has 0 amide bonds. The van der Waals surface area contributed by atoms with E-state index >= 15 is 0 Å². The van der Waals surface area contributed by atoms with Crippen LogP contribution in [0.2, 0.25) is 0 Å². The average molecular weight is 366 g/mol. The molecule has 0 unspecified atom stereocenters. The molecule has 7 nitrogen and oxygen atoms in total. The van der Waals surface area contributed by atoms with Gasteiger partial charge in [0.15, 0.2) is 0 Å². The van der Waals surface area contributed by atoms with Crippen molar-refractivity contribution in [2.75, 3.05) is 18.2 Å². The molecule has 1 aliphatic rings. The maximum atomic E-state index is 12.6. The van der Waals surface area contributed by atoms with Crippen molar-refractivity contribution in [1.29, 1.82) is 5.26 Å². The van der Waals surface area contributed by atoms with Gasteiger partial charge in [0.2, 0.25) is 5.88 Å². The zero-order valence-electron chi connectivity index (χ0n) is 16.2. The highest BCUT2D eigenvalue weighted by molar-refractivity contribution is 5.92. The van der Waals surface area contributed by atoms with E-state index in [1.54, 1.807) is 10.7 Å². The van der Waals surface area contributed by atoms with E-state index in [1.807, 2.05) is 13.1 Å². The van der Waals surface area contributed by atoms with Gasteiger partial charge in [0, 0.05) is 36.6 Å². The molecule has 142 valence electrons. The second-order valence-corrected chi connectivity index (χ2v) is 7.16. The van der Waals surface area contributed by atoms with Gasteiger partial charge < -0.3 is 15.0 Å². The van der Waals surface area contributed by atoms with E-state index < -0.39 is 0 Å². The van der Waals surface area contributed by atoms with Gasteiger partial charge in [0.25, 0.3) is 0 Å². The van der Waals surface area contributed by atoms with E-state index in [9.17, 15) is 10.5 Å². The molecule has 0 fully saturated rings. The third-order valence-corrected chi connectivity index (χ3v) is 4.42. The van der Waals surface area contributed by atoms with Crippen molar-refractivity contribution in [2.45, 2.75) is 33.6 Å². The molecule has 0 saturated carbocycles. The number of hydroxylamine groups is 1. The van der Waals surface area contributed by atoms with Gasteiger partial charge in [-0.2, -0.15) is 10.4 Å². The first-order valence-electron chi connectivity index (χ1n) is 9.19. The molecular weight excluding hydrogens is 342 g/mol. The molecule has 27 heavy (non-hydrogen) atoms. The van der Waals surface area contributed by atoms with Crippen LogP contribution in [0.25, 0.3) is 11.6 Å². The summed E-state index contributed by atoms with van der Waals surface area (Å²) in [6, 6.07) is 3.85. The number of hydrogen-bond acceptors (Lipinski definition) is 6. The minimum Gasteiger partial charge on any atom is -0.757 e. The highest BCUT2D eigenvalue weighted by Crippen LogP contribution is 2.36. The van der Waals surface area contributed by atoms with Crippen LogP contribution in [0.15, 0.2) is 12.3 Å². The SMILES string of the molecule is CCCc1c2c(nn1C)N([O-])CC(c1cc(C#N)cnc1OCC(C)C)=C2. The number of nitriles is 1. The Morgan fingerprint density at radius 3 is 2.85 bits per heavy atom. The van der Waals surface area contributed by atoms with E-state index in [2.05, 4.69) is 36.9 Å². The Morgan fingerprint density at radius 1 is 1.41 bits per heavy atom. The summed E-state index contributed by atoms with van der Waals surface area (Å²) in [5.74, 6) is 1.23. The number of fused-ring (bicyclic) bond motifs is 1. The Bertz CT molecular complexity index is 908. The lowest BCUT2D eigenvalue weighted by Gasteiger charge is -2.33. The first kappa shape index (κ1) is 18.9. The standard InChI is InChI=1S/C20H24N5O2/c1-5-6-18-17-8-15(11-25(26)19(17)23-24(18)4)16-7-14(9-21)10-22-20(16)27-12-13(2)3/h7-8,10,13H,5-6,11-12H2,1-4H3/q-1. The van der Waals surface area contributed by atoms with Crippen LogP contribution in [0.1, 0.15) is 49.6 Å². The molecule has 0 aliphatic carbocycles. The smallest absolute Gasteiger partial charge is 0.221 e. The van der Waals surface area contributed by atoms with Crippen molar-refractivity contribution in [1.82, 2.24) is 14.8 Å². The largest absolute Gasteiger partial charge is 0.757 e. The number of rotatable bonds is 6. The van der Waals surface area contributed by atoms with Gasteiger partial charge in [-0.1, -0.05) is 27.2 Å². The van der Waals surface area contributed by atoms with E-state index in [0.717, 1.165) is 34.7 Å². The molecule has 0 atom stereocenters. The first-order valence-corrected chi connectivity index (χ1v) is 9.19. The molecule has 1 aliphatic heterocycles. The molecule has 3 rings (SSSR count). The number of nitrogens with zero attached hydrogens (tertiary/aromatic N) is 5. The van der Waals surface area contributed by atoms with Gasteiger partial charge in [-0.15, -0.1) is 0 Å². The summed E-state index contributed by atoms with van der Waals surface area (Å²) in [4.78, 5) is 4.31. The lowest BCUT2D eigenvalue weighted by atomic mass is 9.98. The third kappa shape index (κ3) is 3.81. The van der Waals surface area contributed by atoms with Gasteiger partial charge in [0.05, 0.1) is 12.2 Å². The van der Waals surface area contributed by atoms with Crippen LogP contribution in [0.5, 0.6) is 5.88 Å². The zero-order valence-corrected chi connectivity index (χ0v) is 16.2. The topological polar surface area (TPSA) is 90.0 Å². The lowest BCUT2D eigenvalue weighted by molar-refractivity contribution is 0.260. The maximum Gasteiger partial charge on any atom is 0.221 e. The summed E-state index contributed by atoms with van der Waals surface area (Å²) in [5.41, 5.74) is 3.78. The van der Waals surface area contributed by atoms with Crippen LogP contribution < -0.4 is 9.80 Å². The van der Waals surface area contributed by atoms with Crippen molar-refractivity contribution in [3.63, 3.8) is 0 Å². The van der Waals surface area contributed by atoms with Crippen molar-refractivity contribution in [3.8, 4) is 11.9 Å². The molecule has 0 radical (unpaired) electrons. The molecule has 0 N–H and O–H groups in total. The monoisotopic (exact) mass is 366 g/mol. The molecule has 3 heterocycles. The molecular formula is C20H24N5O2-. The number of ether oxygens (including phenoxy) is 1. The average Bonchev–Trinajstić information content (AvgIpc) is 2.96. The molecule has 7 heteroatoms. The van der Waals surface area contributed by atoms with Gasteiger partial charge in [-0.25, -0.2) is 4.98 Å². The summed E-state index contributed by atoms with van der Waals surface area (Å²) >= 11 is 0. The van der Waals surface area contributed by atoms with E-state index in [0.29, 0.717) is 35.3 Å². The minimum absolute atomic E-state index is 0.143. The molecule has 0 bridgehead atoms. The summed E-state index contributed by atoms with van der Waals surface area (Å²) < 4.78 is 7.63. The number of pyridine rings is 1. The summed E-state index contributed by atoms with van der Waals surface area (Å²) in [5, 5.41) is 27.2. The van der Waals surface area contributed by atoms with Crippen LogP contribution in [0, 0.1) is 22.5 Å². The highest BCUT2D eigenvalue weighted by atomic mass is 16.5. The Balaban J connectivity index is 2.09. The third-order valence-electron chi connectivity index (χ3n) is 4.42.